The number of epoxide rings is 1. The molecule has 1 fully saturated rings. The lowest BCUT2D eigenvalue weighted by molar-refractivity contribution is 0.417. The molecule has 0 radical (unpaired) electrons. The minimum absolute atomic E-state index is 0.472. The maximum absolute atomic E-state index is 5.49. The maximum atomic E-state index is 5.49. The van der Waals surface area contributed by atoms with Crippen LogP contribution in [0, 0.1) is 0 Å². The average Bonchev–Trinajstić information content (AvgIpc) is 2.22. The molecule has 2 heteroatoms. The first-order valence-electron chi connectivity index (χ1n) is 1.73. The molecule has 0 amide bonds. The predicted molar refractivity (Wildman–Crippen MR) is 24.7 cm³/mol. The summed E-state index contributed by atoms with van der Waals surface area (Å²) < 4.78 is 4.69. The van der Waals surface area contributed by atoms with Gasteiger partial charge in [0.1, 0.15) is 0 Å². The number of hydrogen-bond donors (Lipinski definition) is 0. The molecule has 0 aromatic rings. The topological polar surface area (TPSA) is 12.5 Å². The quantitative estimate of drug-likeness (QED) is 0.276. The summed E-state index contributed by atoms with van der Waals surface area (Å²) in [5.74, 6) is 0. The van der Waals surface area contributed by atoms with Crippen molar-refractivity contribution in [2.75, 3.05) is 6.61 Å². The fourth-order valence-electron chi connectivity index (χ4n) is 0.187. The van der Waals surface area contributed by atoms with Crippen LogP contribution in [0.5, 0.6) is 0 Å². The summed E-state index contributed by atoms with van der Waals surface area (Å²) in [7, 11) is 0. The SMILES string of the molecule is C=CC1(Cl)CO1. The van der Waals surface area contributed by atoms with Gasteiger partial charge in [0.25, 0.3) is 0 Å². The molecule has 0 spiro atoms. The van der Waals surface area contributed by atoms with Crippen LogP contribution < -0.4 is 0 Å². The van der Waals surface area contributed by atoms with Crippen LogP contribution in [-0.4, -0.2) is 11.7 Å². The summed E-state index contributed by atoms with van der Waals surface area (Å²) in [4.78, 5) is 0. The number of rotatable bonds is 1. The summed E-state index contributed by atoms with van der Waals surface area (Å²) in [5.41, 5.74) is 0. The first-order chi connectivity index (χ1) is 2.77. The Balaban J connectivity index is 2.47. The Bertz CT molecular complexity index is 75.6. The van der Waals surface area contributed by atoms with Crippen molar-refractivity contribution in [2.24, 2.45) is 0 Å². The van der Waals surface area contributed by atoms with Crippen LogP contribution in [0.4, 0.5) is 0 Å². The van der Waals surface area contributed by atoms with Crippen LogP contribution in [0.1, 0.15) is 0 Å². The van der Waals surface area contributed by atoms with E-state index >= 15 is 0 Å². The zero-order valence-electron chi connectivity index (χ0n) is 3.28. The molecule has 1 aliphatic rings. The van der Waals surface area contributed by atoms with E-state index in [0.29, 0.717) is 6.61 Å². The Morgan fingerprint density at radius 2 is 2.50 bits per heavy atom. The normalized spacial score (nSPS) is 42.2. The van der Waals surface area contributed by atoms with Crippen LogP contribution >= 0.6 is 11.6 Å². The van der Waals surface area contributed by atoms with E-state index in [4.69, 9.17) is 16.3 Å². The van der Waals surface area contributed by atoms with Crippen molar-refractivity contribution < 1.29 is 4.74 Å². The summed E-state index contributed by atoms with van der Waals surface area (Å²) >= 11 is 5.49. The van der Waals surface area contributed by atoms with E-state index in [0.717, 1.165) is 0 Å². The Morgan fingerprint density at radius 1 is 2.00 bits per heavy atom. The number of halogens is 1. The zero-order valence-corrected chi connectivity index (χ0v) is 4.03. The highest BCUT2D eigenvalue weighted by Crippen LogP contribution is 2.31. The molecule has 0 bridgehead atoms. The van der Waals surface area contributed by atoms with Gasteiger partial charge in [-0.1, -0.05) is 18.2 Å². The van der Waals surface area contributed by atoms with Crippen LogP contribution in [0.15, 0.2) is 12.7 Å². The predicted octanol–water partition coefficient (Wildman–Crippen LogP) is 1.14. The molecule has 0 aromatic heterocycles. The second-order valence-corrected chi connectivity index (χ2v) is 1.92. The molecular weight excluding hydrogens is 99.5 g/mol. The molecule has 1 rings (SSSR count). The third-order valence-electron chi connectivity index (χ3n) is 0.725. The number of ether oxygens (including phenoxy) is 1. The van der Waals surface area contributed by atoms with Gasteiger partial charge >= 0.3 is 0 Å². The van der Waals surface area contributed by atoms with E-state index < -0.39 is 5.06 Å². The van der Waals surface area contributed by atoms with Crippen molar-refractivity contribution in [3.8, 4) is 0 Å². The number of alkyl halides is 1. The van der Waals surface area contributed by atoms with Crippen molar-refractivity contribution in [1.29, 1.82) is 0 Å². The average molecular weight is 105 g/mol. The smallest absolute Gasteiger partial charge is 0.183 e. The highest BCUT2D eigenvalue weighted by atomic mass is 35.5. The molecule has 6 heavy (non-hydrogen) atoms. The van der Waals surface area contributed by atoms with Gasteiger partial charge in [-0.2, -0.15) is 0 Å². The fraction of sp³-hybridized carbons (Fsp3) is 0.500. The highest BCUT2D eigenvalue weighted by molar-refractivity contribution is 6.25. The lowest BCUT2D eigenvalue weighted by Gasteiger charge is -1.82. The summed E-state index contributed by atoms with van der Waals surface area (Å²) in [5, 5.41) is -0.472. The molecule has 1 atom stereocenters. The van der Waals surface area contributed by atoms with Gasteiger partial charge in [0.05, 0.1) is 6.61 Å². The van der Waals surface area contributed by atoms with Crippen LogP contribution in [0.2, 0.25) is 0 Å². The molecule has 0 aliphatic carbocycles. The lowest BCUT2D eigenvalue weighted by atomic mass is 10.5. The Hall–Kier alpha value is -0.0100. The largest absolute Gasteiger partial charge is 0.349 e. The van der Waals surface area contributed by atoms with Crippen molar-refractivity contribution in [1.82, 2.24) is 0 Å². The third-order valence-corrected chi connectivity index (χ3v) is 1.10. The number of hydrogen-bond acceptors (Lipinski definition) is 1. The zero-order chi connectivity index (χ0) is 4.62. The standard InChI is InChI=1S/C4H5ClO/c1-2-4(5)3-6-4/h2H,1,3H2. The molecule has 1 unspecified atom stereocenters. The van der Waals surface area contributed by atoms with Gasteiger partial charge in [-0.25, -0.2) is 0 Å². The van der Waals surface area contributed by atoms with E-state index in [1.165, 1.54) is 0 Å². The minimum atomic E-state index is -0.472. The molecule has 1 saturated heterocycles. The second-order valence-electron chi connectivity index (χ2n) is 1.28. The van der Waals surface area contributed by atoms with Gasteiger partial charge in [0.15, 0.2) is 5.06 Å². The maximum Gasteiger partial charge on any atom is 0.183 e. The second kappa shape index (κ2) is 0.983. The van der Waals surface area contributed by atoms with Gasteiger partial charge < -0.3 is 4.74 Å². The molecule has 0 saturated carbocycles. The van der Waals surface area contributed by atoms with E-state index in [1.54, 1.807) is 6.08 Å². The van der Waals surface area contributed by atoms with E-state index in [-0.39, 0.29) is 0 Å². The van der Waals surface area contributed by atoms with Crippen molar-refractivity contribution in [3.05, 3.63) is 12.7 Å². The highest BCUT2D eigenvalue weighted by Gasteiger charge is 2.38. The van der Waals surface area contributed by atoms with Gasteiger partial charge in [-0.05, 0) is 6.08 Å². The summed E-state index contributed by atoms with van der Waals surface area (Å²) in [6.45, 7) is 4.06. The molecule has 1 nitrogen and oxygen atoms in total. The van der Waals surface area contributed by atoms with E-state index in [9.17, 15) is 0 Å². The molecule has 1 heterocycles. The van der Waals surface area contributed by atoms with E-state index in [1.807, 2.05) is 0 Å². The van der Waals surface area contributed by atoms with E-state index in [2.05, 4.69) is 6.58 Å². The first kappa shape index (κ1) is 4.16. The minimum Gasteiger partial charge on any atom is -0.349 e. The van der Waals surface area contributed by atoms with Gasteiger partial charge in [-0.3, -0.25) is 0 Å². The molecule has 0 aromatic carbocycles. The van der Waals surface area contributed by atoms with Gasteiger partial charge in [0, 0.05) is 0 Å². The Labute approximate surface area is 41.6 Å². The van der Waals surface area contributed by atoms with Crippen LogP contribution in [-0.2, 0) is 4.74 Å². The summed E-state index contributed by atoms with van der Waals surface area (Å²) in [6.07, 6.45) is 1.59. The lowest BCUT2D eigenvalue weighted by Crippen LogP contribution is -1.88. The van der Waals surface area contributed by atoms with Crippen molar-refractivity contribution in [3.63, 3.8) is 0 Å². The molecule has 34 valence electrons. The fourth-order valence-corrected chi connectivity index (χ4v) is 0.241. The molecule has 0 N–H and O–H groups in total. The van der Waals surface area contributed by atoms with Crippen molar-refractivity contribution >= 4 is 11.6 Å². The summed E-state index contributed by atoms with van der Waals surface area (Å²) in [6, 6.07) is 0. The molecule has 1 aliphatic heterocycles. The third kappa shape index (κ3) is 0.559. The van der Waals surface area contributed by atoms with Crippen molar-refractivity contribution in [2.45, 2.75) is 5.06 Å². The van der Waals surface area contributed by atoms with Crippen LogP contribution in [0.25, 0.3) is 0 Å². The first-order valence-corrected chi connectivity index (χ1v) is 2.11. The van der Waals surface area contributed by atoms with Gasteiger partial charge in [-0.15, -0.1) is 0 Å². The molecular formula is C4H5ClO. The van der Waals surface area contributed by atoms with Crippen LogP contribution in [0.3, 0.4) is 0 Å². The Morgan fingerprint density at radius 3 is 2.50 bits per heavy atom. The van der Waals surface area contributed by atoms with Gasteiger partial charge in [0.2, 0.25) is 0 Å². The monoisotopic (exact) mass is 104 g/mol. The Kier molecular flexibility index (Phi) is 0.681.